The molecule has 2 aromatic carbocycles. The van der Waals surface area contributed by atoms with Crippen LogP contribution < -0.4 is 10.6 Å². The summed E-state index contributed by atoms with van der Waals surface area (Å²) in [7, 11) is 0. The molecule has 2 heterocycles. The van der Waals surface area contributed by atoms with E-state index in [9.17, 15) is 4.79 Å². The van der Waals surface area contributed by atoms with E-state index in [2.05, 4.69) is 45.9 Å². The number of nitrogens with zero attached hydrogens (tertiary/aromatic N) is 1. The normalized spacial score (nSPS) is 17.7. The Morgan fingerprint density at radius 3 is 2.38 bits per heavy atom. The first-order valence-corrected chi connectivity index (χ1v) is 9.34. The molecule has 1 fully saturated rings. The fraction of sp³-hybridized carbons (Fsp3) is 0.280. The van der Waals surface area contributed by atoms with E-state index in [-0.39, 0.29) is 32.6 Å². The van der Waals surface area contributed by atoms with Gasteiger partial charge in [0, 0.05) is 37.1 Å². The summed E-state index contributed by atoms with van der Waals surface area (Å²) in [5.74, 6) is 0.243. The van der Waals surface area contributed by atoms with Crippen LogP contribution in [0.25, 0.3) is 0 Å². The fourth-order valence-corrected chi connectivity index (χ4v) is 3.68. The molecule has 0 unspecified atom stereocenters. The maximum Gasteiger partial charge on any atom is 0.229 e. The molecule has 1 saturated heterocycles. The van der Waals surface area contributed by atoms with Gasteiger partial charge in [-0.05, 0) is 41.3 Å². The average molecular weight is 390 g/mol. The van der Waals surface area contributed by atoms with Gasteiger partial charge in [0.2, 0.25) is 5.91 Å². The van der Waals surface area contributed by atoms with Crippen LogP contribution in [0.15, 0.2) is 79.1 Å². The van der Waals surface area contributed by atoms with Gasteiger partial charge in [-0.1, -0.05) is 63.4 Å². The molecule has 0 spiro atoms. The van der Waals surface area contributed by atoms with Crippen LogP contribution in [0.3, 0.4) is 0 Å². The number of nitrogens with one attached hydrogen (secondary N) is 2. The van der Waals surface area contributed by atoms with E-state index in [1.54, 1.807) is 6.20 Å². The minimum Gasteiger partial charge on any atom is -0.326 e. The van der Waals surface area contributed by atoms with Crippen LogP contribution in [0.5, 0.6) is 0 Å². The Kier molecular flexibility index (Phi) is 8.10. The zero-order valence-corrected chi connectivity index (χ0v) is 15.1. The van der Waals surface area contributed by atoms with Crippen molar-refractivity contribution in [3.63, 3.8) is 0 Å². The number of anilines is 1. The SMILES string of the molecule is C.C.O=C(Nc1ccc(Cc2cccnc2)cc1)[C@H]1CNC[C@@H]1c1ccccc1. The van der Waals surface area contributed by atoms with Gasteiger partial charge in [-0.15, -0.1) is 0 Å². The van der Waals surface area contributed by atoms with Crippen LogP contribution in [0.1, 0.15) is 37.5 Å². The number of carbonyl (C=O) groups is 1. The Hall–Kier alpha value is -2.98. The predicted molar refractivity (Wildman–Crippen MR) is 121 cm³/mol. The molecule has 3 aromatic rings. The first-order valence-electron chi connectivity index (χ1n) is 9.34. The highest BCUT2D eigenvalue weighted by Crippen LogP contribution is 2.29. The van der Waals surface area contributed by atoms with Crippen molar-refractivity contribution in [1.29, 1.82) is 0 Å². The summed E-state index contributed by atoms with van der Waals surface area (Å²) in [6, 6.07) is 22.4. The highest BCUT2D eigenvalue weighted by atomic mass is 16.1. The summed E-state index contributed by atoms with van der Waals surface area (Å²) in [6.45, 7) is 1.55. The van der Waals surface area contributed by atoms with Gasteiger partial charge in [-0.3, -0.25) is 9.78 Å². The van der Waals surface area contributed by atoms with Gasteiger partial charge in [-0.2, -0.15) is 0 Å². The molecule has 0 bridgehead atoms. The van der Waals surface area contributed by atoms with Crippen LogP contribution in [0.4, 0.5) is 5.69 Å². The molecule has 2 atom stereocenters. The molecule has 0 aliphatic carbocycles. The summed E-state index contributed by atoms with van der Waals surface area (Å²) in [5, 5.41) is 6.44. The van der Waals surface area contributed by atoms with E-state index in [1.807, 2.05) is 42.6 Å². The van der Waals surface area contributed by atoms with E-state index in [4.69, 9.17) is 0 Å². The van der Waals surface area contributed by atoms with Crippen LogP contribution in [0, 0.1) is 5.92 Å². The quantitative estimate of drug-likeness (QED) is 0.653. The van der Waals surface area contributed by atoms with Crippen molar-refractivity contribution in [2.45, 2.75) is 27.2 Å². The van der Waals surface area contributed by atoms with E-state index < -0.39 is 0 Å². The molecular formula is C25H31N3O. The molecule has 2 N–H and O–H groups in total. The van der Waals surface area contributed by atoms with E-state index in [0.29, 0.717) is 6.54 Å². The summed E-state index contributed by atoms with van der Waals surface area (Å²) in [4.78, 5) is 17.0. The fourth-order valence-electron chi connectivity index (χ4n) is 3.68. The standard InChI is InChI=1S/C23H23N3O.2CH4/c27-23(22-16-25-15-21(22)19-6-2-1-3-7-19)26-20-10-8-17(9-11-20)13-18-5-4-12-24-14-18;;/h1-12,14,21-22,25H,13,15-16H2,(H,26,27);2*1H4/t21-,22+;;/m1../s1. The largest absolute Gasteiger partial charge is 0.326 e. The van der Waals surface area contributed by atoms with Crippen molar-refractivity contribution in [3.8, 4) is 0 Å². The molecule has 4 nitrogen and oxygen atoms in total. The predicted octanol–water partition coefficient (Wildman–Crippen LogP) is 4.89. The van der Waals surface area contributed by atoms with Crippen molar-refractivity contribution < 1.29 is 4.79 Å². The van der Waals surface area contributed by atoms with Crippen molar-refractivity contribution in [1.82, 2.24) is 10.3 Å². The summed E-state index contributed by atoms with van der Waals surface area (Å²) in [5.41, 5.74) is 4.44. The lowest BCUT2D eigenvalue weighted by Gasteiger charge is -2.18. The molecule has 1 aliphatic heterocycles. The molecule has 0 saturated carbocycles. The van der Waals surface area contributed by atoms with Crippen LogP contribution >= 0.6 is 0 Å². The molecule has 1 aliphatic rings. The topological polar surface area (TPSA) is 54.0 Å². The van der Waals surface area contributed by atoms with Gasteiger partial charge < -0.3 is 10.6 Å². The van der Waals surface area contributed by atoms with Crippen molar-refractivity contribution in [3.05, 3.63) is 95.8 Å². The molecule has 152 valence electrons. The van der Waals surface area contributed by atoms with Crippen molar-refractivity contribution >= 4 is 11.6 Å². The van der Waals surface area contributed by atoms with Crippen molar-refractivity contribution in [2.24, 2.45) is 5.92 Å². The molecule has 1 aromatic heterocycles. The maximum absolute atomic E-state index is 12.8. The summed E-state index contributed by atoms with van der Waals surface area (Å²) >= 11 is 0. The first kappa shape index (κ1) is 22.3. The van der Waals surface area contributed by atoms with Crippen LogP contribution in [-0.4, -0.2) is 24.0 Å². The lowest BCUT2D eigenvalue weighted by atomic mass is 9.88. The number of benzene rings is 2. The third kappa shape index (κ3) is 5.52. The second kappa shape index (κ2) is 10.5. The molecular weight excluding hydrogens is 358 g/mol. The maximum atomic E-state index is 12.8. The second-order valence-corrected chi connectivity index (χ2v) is 7.01. The second-order valence-electron chi connectivity index (χ2n) is 7.01. The Morgan fingerprint density at radius 2 is 1.69 bits per heavy atom. The van der Waals surface area contributed by atoms with Crippen LogP contribution in [0.2, 0.25) is 0 Å². The van der Waals surface area contributed by atoms with Crippen LogP contribution in [-0.2, 0) is 11.2 Å². The minimum atomic E-state index is -0.0533. The van der Waals surface area contributed by atoms with Gasteiger partial charge in [0.1, 0.15) is 0 Å². The van der Waals surface area contributed by atoms with E-state index >= 15 is 0 Å². The zero-order chi connectivity index (χ0) is 18.5. The third-order valence-electron chi connectivity index (χ3n) is 5.13. The van der Waals surface area contributed by atoms with Crippen molar-refractivity contribution in [2.75, 3.05) is 18.4 Å². The highest BCUT2D eigenvalue weighted by Gasteiger charge is 2.33. The Morgan fingerprint density at radius 1 is 0.931 bits per heavy atom. The summed E-state index contributed by atoms with van der Waals surface area (Å²) in [6.07, 6.45) is 4.50. The van der Waals surface area contributed by atoms with Gasteiger partial charge in [-0.25, -0.2) is 0 Å². The van der Waals surface area contributed by atoms with Gasteiger partial charge in [0.15, 0.2) is 0 Å². The number of hydrogen-bond donors (Lipinski definition) is 2. The molecule has 29 heavy (non-hydrogen) atoms. The van der Waals surface area contributed by atoms with Gasteiger partial charge in [0.05, 0.1) is 5.92 Å². The number of carbonyl (C=O) groups excluding carboxylic acids is 1. The zero-order valence-electron chi connectivity index (χ0n) is 15.1. The number of aromatic nitrogens is 1. The average Bonchev–Trinajstić information content (AvgIpc) is 3.21. The number of amides is 1. The smallest absolute Gasteiger partial charge is 0.229 e. The monoisotopic (exact) mass is 389 g/mol. The first-order chi connectivity index (χ1) is 13.3. The van der Waals surface area contributed by atoms with Gasteiger partial charge >= 0.3 is 0 Å². The minimum absolute atomic E-state index is 0. The number of pyridine rings is 1. The Labute approximate surface area is 174 Å². The van der Waals surface area contributed by atoms with E-state index in [1.165, 1.54) is 16.7 Å². The van der Waals surface area contributed by atoms with Gasteiger partial charge in [0.25, 0.3) is 0 Å². The lowest BCUT2D eigenvalue weighted by molar-refractivity contribution is -0.119. The third-order valence-corrected chi connectivity index (χ3v) is 5.13. The lowest BCUT2D eigenvalue weighted by Crippen LogP contribution is -2.28. The number of rotatable bonds is 5. The summed E-state index contributed by atoms with van der Waals surface area (Å²) < 4.78 is 0. The number of hydrogen-bond acceptors (Lipinski definition) is 3. The molecule has 0 radical (unpaired) electrons. The Balaban J connectivity index is 0.00000150. The molecule has 4 heteroatoms. The Bertz CT molecular complexity index is 879. The molecule has 4 rings (SSSR count). The molecule has 1 amide bonds. The highest BCUT2D eigenvalue weighted by molar-refractivity contribution is 5.93. The van der Waals surface area contributed by atoms with E-state index in [0.717, 1.165) is 18.7 Å².